The molecule has 1 atom stereocenters. The third-order valence-corrected chi connectivity index (χ3v) is 4.44. The fourth-order valence-electron chi connectivity index (χ4n) is 2.84. The average Bonchev–Trinajstić information content (AvgIpc) is 2.95. The molecule has 8 heteroatoms. The van der Waals surface area contributed by atoms with Crippen molar-refractivity contribution in [1.29, 1.82) is 0 Å². The van der Waals surface area contributed by atoms with Crippen molar-refractivity contribution >= 4 is 35.1 Å². The molecule has 7 nitrogen and oxygen atoms in total. The van der Waals surface area contributed by atoms with E-state index < -0.39 is 5.97 Å². The third-order valence-electron chi connectivity index (χ3n) is 4.20. The second kappa shape index (κ2) is 9.52. The van der Waals surface area contributed by atoms with Crippen LogP contribution < -0.4 is 10.6 Å². The molecule has 3 N–H and O–H groups in total. The molecule has 0 bridgehead atoms. The van der Waals surface area contributed by atoms with Crippen LogP contribution >= 0.6 is 11.6 Å². The Morgan fingerprint density at radius 3 is 2.61 bits per heavy atom. The van der Waals surface area contributed by atoms with E-state index in [0.29, 0.717) is 5.02 Å². The Bertz CT molecular complexity index is 891. The molecular weight excluding hydrogens is 384 g/mol. The topological polar surface area (TPSA) is 102 Å². The van der Waals surface area contributed by atoms with E-state index in [1.54, 1.807) is 19.9 Å². The summed E-state index contributed by atoms with van der Waals surface area (Å²) >= 11 is 6.00. The monoisotopic (exact) mass is 407 g/mol. The molecule has 0 aliphatic rings. The predicted octanol–water partition coefficient (Wildman–Crippen LogP) is 2.88. The van der Waals surface area contributed by atoms with Gasteiger partial charge in [-0.3, -0.25) is 14.9 Å². The Hall–Kier alpha value is -2.64. The first-order valence-corrected chi connectivity index (χ1v) is 9.32. The summed E-state index contributed by atoms with van der Waals surface area (Å²) in [6.45, 7) is 6.72. The van der Waals surface area contributed by atoms with Gasteiger partial charge in [-0.15, -0.1) is 0 Å². The molecule has 0 aliphatic heterocycles. The SMILES string of the molecule is CCOC(=O)c1c(NC(=O)C[NH2+][C@H](C)c2cccc(Cl)c2)oc(C)c1C(C)=O. The average molecular weight is 408 g/mol. The summed E-state index contributed by atoms with van der Waals surface area (Å²) in [5, 5.41) is 5.02. The van der Waals surface area contributed by atoms with Crippen LogP contribution in [0.3, 0.4) is 0 Å². The molecular formula is C20H24ClN2O5+. The highest BCUT2D eigenvalue weighted by Gasteiger charge is 2.29. The number of benzene rings is 1. The third kappa shape index (κ3) is 5.21. The van der Waals surface area contributed by atoms with Gasteiger partial charge in [0.25, 0.3) is 5.91 Å². The number of quaternary nitrogens is 1. The van der Waals surface area contributed by atoms with E-state index in [2.05, 4.69) is 5.32 Å². The second-order valence-corrected chi connectivity index (χ2v) is 6.78. The lowest BCUT2D eigenvalue weighted by Crippen LogP contribution is -2.86. The lowest BCUT2D eigenvalue weighted by molar-refractivity contribution is -0.682. The lowest BCUT2D eigenvalue weighted by Gasteiger charge is -2.11. The van der Waals surface area contributed by atoms with Gasteiger partial charge in [0.15, 0.2) is 12.3 Å². The number of hydrogen-bond acceptors (Lipinski definition) is 5. The molecule has 150 valence electrons. The van der Waals surface area contributed by atoms with E-state index in [1.807, 2.05) is 30.4 Å². The zero-order chi connectivity index (χ0) is 20.8. The summed E-state index contributed by atoms with van der Waals surface area (Å²) in [4.78, 5) is 36.5. The van der Waals surface area contributed by atoms with Gasteiger partial charge in [0.1, 0.15) is 17.4 Å². The van der Waals surface area contributed by atoms with E-state index in [4.69, 9.17) is 20.8 Å². The van der Waals surface area contributed by atoms with E-state index in [1.165, 1.54) is 6.92 Å². The number of ketones is 1. The van der Waals surface area contributed by atoms with Crippen LogP contribution in [0.5, 0.6) is 0 Å². The molecule has 0 spiro atoms. The Morgan fingerprint density at radius 2 is 2.00 bits per heavy atom. The highest BCUT2D eigenvalue weighted by molar-refractivity contribution is 6.30. The zero-order valence-corrected chi connectivity index (χ0v) is 17.1. The van der Waals surface area contributed by atoms with Gasteiger partial charge in [-0.1, -0.05) is 23.7 Å². The van der Waals surface area contributed by atoms with Crippen molar-refractivity contribution in [2.24, 2.45) is 0 Å². The smallest absolute Gasteiger partial charge is 0.344 e. The normalized spacial score (nSPS) is 11.8. The Kier molecular flexibility index (Phi) is 7.37. The minimum atomic E-state index is -0.712. The number of anilines is 1. The van der Waals surface area contributed by atoms with Crippen molar-refractivity contribution in [3.05, 3.63) is 51.7 Å². The van der Waals surface area contributed by atoms with Gasteiger partial charge in [-0.2, -0.15) is 0 Å². The van der Waals surface area contributed by atoms with E-state index in [9.17, 15) is 14.4 Å². The quantitative estimate of drug-likeness (QED) is 0.517. The van der Waals surface area contributed by atoms with Crippen molar-refractivity contribution in [3.8, 4) is 0 Å². The molecule has 0 aliphatic carbocycles. The summed E-state index contributed by atoms with van der Waals surface area (Å²) in [5.74, 6) is -1.25. The predicted molar refractivity (Wildman–Crippen MR) is 105 cm³/mol. The number of carbonyl (C=O) groups is 3. The molecule has 1 amide bonds. The van der Waals surface area contributed by atoms with E-state index in [-0.39, 0.29) is 53.7 Å². The number of aryl methyl sites for hydroxylation is 1. The van der Waals surface area contributed by atoms with Gasteiger partial charge in [-0.05, 0) is 39.8 Å². The molecule has 1 aromatic heterocycles. The molecule has 0 saturated carbocycles. The highest BCUT2D eigenvalue weighted by atomic mass is 35.5. The first-order valence-electron chi connectivity index (χ1n) is 8.94. The largest absolute Gasteiger partial charge is 0.462 e. The number of amides is 1. The molecule has 0 saturated heterocycles. The van der Waals surface area contributed by atoms with Crippen LogP contribution in [0.15, 0.2) is 28.7 Å². The number of carbonyl (C=O) groups excluding carboxylic acids is 3. The van der Waals surface area contributed by atoms with Crippen molar-refractivity contribution in [2.45, 2.75) is 33.7 Å². The van der Waals surface area contributed by atoms with E-state index >= 15 is 0 Å². The summed E-state index contributed by atoms with van der Waals surface area (Å²) in [6, 6.07) is 7.41. The molecule has 28 heavy (non-hydrogen) atoms. The minimum Gasteiger partial charge on any atom is -0.462 e. The Morgan fingerprint density at radius 1 is 1.29 bits per heavy atom. The standard InChI is InChI=1S/C20H23ClN2O5/c1-5-27-20(26)18-17(12(3)24)13(4)28-19(18)23-16(25)10-22-11(2)14-7-6-8-15(21)9-14/h6-9,11,22H,5,10H2,1-4H3,(H,23,25)/p+1/t11-/m1/s1. The molecule has 0 unspecified atom stereocenters. The maximum atomic E-state index is 12.4. The number of rotatable bonds is 8. The molecule has 2 aromatic rings. The summed E-state index contributed by atoms with van der Waals surface area (Å²) in [7, 11) is 0. The number of hydrogen-bond donors (Lipinski definition) is 2. The van der Waals surface area contributed by atoms with Gasteiger partial charge in [0.05, 0.1) is 12.2 Å². The number of esters is 1. The highest BCUT2D eigenvalue weighted by Crippen LogP contribution is 2.28. The Labute approximate surface area is 168 Å². The van der Waals surface area contributed by atoms with Crippen molar-refractivity contribution in [3.63, 3.8) is 0 Å². The second-order valence-electron chi connectivity index (χ2n) is 6.35. The fourth-order valence-corrected chi connectivity index (χ4v) is 3.04. The summed E-state index contributed by atoms with van der Waals surface area (Å²) in [6.07, 6.45) is 0. The van der Waals surface area contributed by atoms with Gasteiger partial charge in [0, 0.05) is 10.6 Å². The van der Waals surface area contributed by atoms with Crippen LogP contribution in [0.25, 0.3) is 0 Å². The molecule has 0 radical (unpaired) electrons. The summed E-state index contributed by atoms with van der Waals surface area (Å²) in [5.41, 5.74) is 1.05. The van der Waals surface area contributed by atoms with E-state index in [0.717, 1.165) is 5.56 Å². The van der Waals surface area contributed by atoms with Gasteiger partial charge in [0.2, 0.25) is 5.88 Å². The van der Waals surface area contributed by atoms with Gasteiger partial charge >= 0.3 is 5.97 Å². The van der Waals surface area contributed by atoms with Crippen LogP contribution in [0.1, 0.15) is 58.9 Å². The number of halogens is 1. The van der Waals surface area contributed by atoms with Crippen LogP contribution in [0.2, 0.25) is 5.02 Å². The minimum absolute atomic E-state index is 0.0000877. The van der Waals surface area contributed by atoms with Crippen molar-refractivity contribution in [2.75, 3.05) is 18.5 Å². The first kappa shape index (κ1) is 21.7. The molecule has 2 rings (SSSR count). The van der Waals surface area contributed by atoms with Crippen molar-refractivity contribution in [1.82, 2.24) is 0 Å². The van der Waals surface area contributed by atoms with Crippen LogP contribution in [-0.2, 0) is 9.53 Å². The number of nitrogens with one attached hydrogen (secondary N) is 1. The van der Waals surface area contributed by atoms with Crippen LogP contribution in [0.4, 0.5) is 5.88 Å². The zero-order valence-electron chi connectivity index (χ0n) is 16.3. The number of ether oxygens (including phenoxy) is 1. The number of nitrogens with two attached hydrogens (primary N) is 1. The maximum absolute atomic E-state index is 12.4. The van der Waals surface area contributed by atoms with Gasteiger partial charge in [-0.25, -0.2) is 4.79 Å². The molecule has 0 fully saturated rings. The molecule has 1 aromatic carbocycles. The van der Waals surface area contributed by atoms with Crippen LogP contribution in [0, 0.1) is 6.92 Å². The van der Waals surface area contributed by atoms with Crippen molar-refractivity contribution < 1.29 is 28.9 Å². The number of furan rings is 1. The Balaban J connectivity index is 2.12. The summed E-state index contributed by atoms with van der Waals surface area (Å²) < 4.78 is 10.5. The lowest BCUT2D eigenvalue weighted by atomic mass is 10.1. The van der Waals surface area contributed by atoms with Gasteiger partial charge < -0.3 is 14.5 Å². The fraction of sp³-hybridized carbons (Fsp3) is 0.350. The number of Topliss-reactive ketones (excluding diaryl/α,β-unsaturated/α-hetero) is 1. The van der Waals surface area contributed by atoms with Crippen LogP contribution in [-0.4, -0.2) is 30.8 Å². The molecule has 1 heterocycles. The maximum Gasteiger partial charge on any atom is 0.344 e. The first-order chi connectivity index (χ1) is 13.2.